The first-order chi connectivity index (χ1) is 16.7. The smallest absolute Gasteiger partial charge is 0.341 e. The number of esters is 1. The van der Waals surface area contributed by atoms with Crippen molar-refractivity contribution >= 4 is 34.7 Å². The molecule has 1 aliphatic heterocycles. The Kier molecular flexibility index (Phi) is 5.72. The molecular formula is C29H20NO3P. The summed E-state index contributed by atoms with van der Waals surface area (Å²) in [6, 6.07) is 38.1. The fourth-order valence-corrected chi connectivity index (χ4v) is 8.88. The first kappa shape index (κ1) is 21.6. The van der Waals surface area contributed by atoms with Crippen LogP contribution in [0.5, 0.6) is 0 Å². The Morgan fingerprint density at radius 3 is 1.56 bits per heavy atom. The number of nitrogens with zero attached hydrogens (tertiary/aromatic N) is 1. The Hall–Kier alpha value is -4.19. The summed E-state index contributed by atoms with van der Waals surface area (Å²) in [7, 11) is -2.73. The normalized spacial score (nSPS) is 15.6. The van der Waals surface area contributed by atoms with Crippen molar-refractivity contribution in [2.45, 2.75) is 5.85 Å². The number of rotatable bonds is 5. The zero-order valence-electron chi connectivity index (χ0n) is 18.2. The summed E-state index contributed by atoms with van der Waals surface area (Å²) in [5.41, 5.74) is 0.949. The summed E-state index contributed by atoms with van der Waals surface area (Å²) in [4.78, 5) is 13.2. The van der Waals surface area contributed by atoms with E-state index in [2.05, 4.69) is 6.07 Å². The van der Waals surface area contributed by atoms with Gasteiger partial charge in [0.25, 0.3) is 0 Å². The van der Waals surface area contributed by atoms with Crippen LogP contribution in [0, 0.1) is 11.3 Å². The molecule has 34 heavy (non-hydrogen) atoms. The molecule has 1 atom stereocenters. The number of nitriles is 1. The molecule has 5 heteroatoms. The van der Waals surface area contributed by atoms with Gasteiger partial charge in [-0.15, -0.1) is 0 Å². The van der Waals surface area contributed by atoms with E-state index in [0.29, 0.717) is 11.1 Å². The van der Waals surface area contributed by atoms with Crippen LogP contribution in [-0.2, 0) is 9.53 Å². The molecule has 0 fully saturated rings. The van der Waals surface area contributed by atoms with E-state index < -0.39 is 19.1 Å². The fourth-order valence-electron chi connectivity index (χ4n) is 4.51. The van der Waals surface area contributed by atoms with Crippen molar-refractivity contribution in [1.82, 2.24) is 0 Å². The van der Waals surface area contributed by atoms with Gasteiger partial charge < -0.3 is 9.84 Å². The van der Waals surface area contributed by atoms with Crippen LogP contribution in [0.25, 0.3) is 5.57 Å². The van der Waals surface area contributed by atoms with Crippen LogP contribution in [0.4, 0.5) is 0 Å². The van der Waals surface area contributed by atoms with Crippen molar-refractivity contribution in [2.24, 2.45) is 0 Å². The van der Waals surface area contributed by atoms with E-state index in [9.17, 15) is 9.90 Å². The molecule has 1 heterocycles. The average molecular weight is 461 g/mol. The molecular weight excluding hydrogens is 441 g/mol. The maximum atomic E-state index is 14.0. The van der Waals surface area contributed by atoms with Gasteiger partial charge >= 0.3 is 5.97 Å². The second kappa shape index (κ2) is 8.98. The first-order valence-corrected chi connectivity index (χ1v) is 12.7. The van der Waals surface area contributed by atoms with Gasteiger partial charge in [0.15, 0.2) is 7.26 Å². The highest BCUT2D eigenvalue weighted by Gasteiger charge is 2.57. The number of carbonyl (C=O) groups excluding carboxylic acids is 1. The van der Waals surface area contributed by atoms with E-state index >= 15 is 0 Å². The zero-order valence-corrected chi connectivity index (χ0v) is 19.1. The molecule has 0 aromatic heterocycles. The quantitative estimate of drug-likeness (QED) is 0.337. The monoisotopic (exact) mass is 461 g/mol. The number of benzene rings is 4. The fraction of sp³-hybridized carbons (Fsp3) is 0.0345. The van der Waals surface area contributed by atoms with Gasteiger partial charge in [0.1, 0.15) is 15.9 Å². The van der Waals surface area contributed by atoms with Gasteiger partial charge in [-0.2, -0.15) is 5.26 Å². The van der Waals surface area contributed by atoms with Gasteiger partial charge in [-0.3, -0.25) is 0 Å². The highest BCUT2D eigenvalue weighted by molar-refractivity contribution is 7.96. The van der Waals surface area contributed by atoms with Gasteiger partial charge in [0, 0.05) is 0 Å². The third-order valence-corrected chi connectivity index (χ3v) is 10.4. The number of hydrogen-bond acceptors (Lipinski definition) is 4. The number of cyclic esters (lactones) is 1. The first-order valence-electron chi connectivity index (χ1n) is 10.8. The van der Waals surface area contributed by atoms with Gasteiger partial charge in [0.05, 0.1) is 17.2 Å². The van der Waals surface area contributed by atoms with Crippen molar-refractivity contribution in [3.05, 3.63) is 132 Å². The van der Waals surface area contributed by atoms with E-state index in [-0.39, 0.29) is 11.3 Å². The van der Waals surface area contributed by atoms with E-state index in [1.807, 2.05) is 91.0 Å². The second-order valence-electron chi connectivity index (χ2n) is 7.92. The van der Waals surface area contributed by atoms with Crippen LogP contribution in [0.2, 0.25) is 0 Å². The van der Waals surface area contributed by atoms with Crippen molar-refractivity contribution < 1.29 is 14.6 Å². The number of ether oxygens (including phenoxy) is 1. The molecule has 0 amide bonds. The van der Waals surface area contributed by atoms with Crippen LogP contribution >= 0.6 is 7.26 Å². The SMILES string of the molecule is N#Cc1ccc(C2=C([O-])C([P+](c3ccccc3)(c3ccccc3)c3ccccc3)OC2=O)cc1. The molecule has 0 aliphatic carbocycles. The molecule has 0 saturated carbocycles. The molecule has 1 aliphatic rings. The van der Waals surface area contributed by atoms with Crippen molar-refractivity contribution in [3.8, 4) is 6.07 Å². The lowest BCUT2D eigenvalue weighted by atomic mass is 10.0. The summed E-state index contributed by atoms with van der Waals surface area (Å²) in [6.45, 7) is 0. The standard InChI is InChI=1S/C29H20NO3P/c30-20-21-16-18-22(19-17-21)26-27(31)29(33-28(26)32)34(23-10-4-1-5-11-23,24-12-6-2-7-13-24)25-14-8-3-9-15-25/h1-19,29H. The lowest BCUT2D eigenvalue weighted by molar-refractivity contribution is -0.309. The highest BCUT2D eigenvalue weighted by Crippen LogP contribution is 2.63. The Balaban J connectivity index is 1.80. The number of carbonyl (C=O) groups is 1. The molecule has 0 N–H and O–H groups in total. The van der Waals surface area contributed by atoms with Gasteiger partial charge in [-0.25, -0.2) is 4.79 Å². The minimum atomic E-state index is -2.73. The lowest BCUT2D eigenvalue weighted by Crippen LogP contribution is -2.41. The van der Waals surface area contributed by atoms with Crippen molar-refractivity contribution in [2.75, 3.05) is 0 Å². The van der Waals surface area contributed by atoms with Crippen LogP contribution in [0.15, 0.2) is 121 Å². The van der Waals surface area contributed by atoms with E-state index in [1.165, 1.54) is 0 Å². The van der Waals surface area contributed by atoms with Crippen LogP contribution in [0.1, 0.15) is 11.1 Å². The third-order valence-electron chi connectivity index (χ3n) is 6.04. The predicted molar refractivity (Wildman–Crippen MR) is 133 cm³/mol. The average Bonchev–Trinajstić information content (AvgIpc) is 3.20. The predicted octanol–water partition coefficient (Wildman–Crippen LogP) is 3.51. The van der Waals surface area contributed by atoms with E-state index in [0.717, 1.165) is 15.9 Å². The van der Waals surface area contributed by atoms with Crippen molar-refractivity contribution in [3.63, 3.8) is 0 Å². The van der Waals surface area contributed by atoms with Gasteiger partial charge in [-0.05, 0) is 59.9 Å². The largest absolute Gasteiger partial charge is 0.870 e. The Bertz CT molecular complexity index is 1300. The molecule has 0 bridgehead atoms. The maximum Gasteiger partial charge on any atom is 0.341 e. The van der Waals surface area contributed by atoms with E-state index in [1.54, 1.807) is 24.3 Å². The zero-order chi connectivity index (χ0) is 23.5. The Morgan fingerprint density at radius 1 is 0.706 bits per heavy atom. The summed E-state index contributed by atoms with van der Waals surface area (Å²) in [6.07, 6.45) is 0. The summed E-state index contributed by atoms with van der Waals surface area (Å²) in [5, 5.41) is 26.0. The minimum Gasteiger partial charge on any atom is -0.870 e. The topological polar surface area (TPSA) is 73.2 Å². The molecule has 0 radical (unpaired) electrons. The number of hydrogen-bond donors (Lipinski definition) is 0. The molecule has 0 saturated heterocycles. The highest BCUT2D eigenvalue weighted by atomic mass is 31.2. The van der Waals surface area contributed by atoms with Crippen LogP contribution < -0.4 is 21.0 Å². The second-order valence-corrected chi connectivity index (χ2v) is 11.4. The van der Waals surface area contributed by atoms with Crippen molar-refractivity contribution in [1.29, 1.82) is 5.26 Å². The molecule has 5 rings (SSSR count). The van der Waals surface area contributed by atoms with Gasteiger partial charge in [-0.1, -0.05) is 66.7 Å². The Labute approximate surface area is 198 Å². The molecule has 4 nitrogen and oxygen atoms in total. The minimum absolute atomic E-state index is 0.0293. The van der Waals surface area contributed by atoms with Crippen LogP contribution in [-0.4, -0.2) is 11.8 Å². The maximum absolute atomic E-state index is 14.0. The third kappa shape index (κ3) is 3.48. The molecule has 4 aromatic carbocycles. The summed E-state index contributed by atoms with van der Waals surface area (Å²) in [5.74, 6) is -1.95. The lowest BCUT2D eigenvalue weighted by Gasteiger charge is -2.34. The Morgan fingerprint density at radius 2 is 1.15 bits per heavy atom. The molecule has 4 aromatic rings. The summed E-state index contributed by atoms with van der Waals surface area (Å²) >= 11 is 0. The molecule has 164 valence electrons. The molecule has 1 unspecified atom stereocenters. The van der Waals surface area contributed by atoms with Crippen LogP contribution in [0.3, 0.4) is 0 Å². The van der Waals surface area contributed by atoms with Gasteiger partial charge in [0.2, 0.25) is 5.85 Å². The molecule has 0 spiro atoms. The summed E-state index contributed by atoms with van der Waals surface area (Å²) < 4.78 is 5.98. The van der Waals surface area contributed by atoms with E-state index in [4.69, 9.17) is 10.00 Å².